The van der Waals surface area contributed by atoms with Gasteiger partial charge in [0.05, 0.1) is 16.1 Å². The molecule has 0 fully saturated rings. The van der Waals surface area contributed by atoms with Crippen molar-refractivity contribution in [3.63, 3.8) is 0 Å². The highest BCUT2D eigenvalue weighted by atomic mass is 35.5. The molecule has 2 aromatic rings. The number of amides is 1. The summed E-state index contributed by atoms with van der Waals surface area (Å²) < 4.78 is 0. The van der Waals surface area contributed by atoms with Crippen LogP contribution in [0.15, 0.2) is 29.8 Å². The zero-order valence-corrected chi connectivity index (χ0v) is 12.2. The molecule has 0 atom stereocenters. The van der Waals surface area contributed by atoms with E-state index < -0.39 is 5.54 Å². The van der Waals surface area contributed by atoms with Crippen LogP contribution in [-0.2, 0) is 5.54 Å². The molecule has 1 aromatic carbocycles. The van der Waals surface area contributed by atoms with Gasteiger partial charge < -0.3 is 11.1 Å². The van der Waals surface area contributed by atoms with E-state index in [1.165, 1.54) is 11.3 Å². The molecule has 0 unspecified atom stereocenters. The van der Waals surface area contributed by atoms with Crippen molar-refractivity contribution in [2.75, 3.05) is 5.73 Å². The SMILES string of the molecule is CC(C)(NC(=O)c1ccc(N)cc1Cl)c1nccs1. The molecule has 3 N–H and O–H groups in total. The zero-order chi connectivity index (χ0) is 14.0. The Morgan fingerprint density at radius 3 is 2.79 bits per heavy atom. The molecule has 0 aliphatic rings. The second-order valence-corrected chi connectivity index (χ2v) is 5.96. The van der Waals surface area contributed by atoms with E-state index in [1.54, 1.807) is 24.4 Å². The second-order valence-electron chi connectivity index (χ2n) is 4.66. The van der Waals surface area contributed by atoms with E-state index in [-0.39, 0.29) is 5.91 Å². The first-order valence-corrected chi connectivity index (χ1v) is 6.93. The number of carbonyl (C=O) groups is 1. The highest BCUT2D eigenvalue weighted by Crippen LogP contribution is 2.24. The fourth-order valence-electron chi connectivity index (χ4n) is 1.65. The number of hydrogen-bond donors (Lipinski definition) is 2. The fraction of sp³-hybridized carbons (Fsp3) is 0.231. The molecule has 0 aliphatic heterocycles. The predicted molar refractivity (Wildman–Crippen MR) is 78.5 cm³/mol. The van der Waals surface area contributed by atoms with Gasteiger partial charge in [-0.2, -0.15) is 0 Å². The lowest BCUT2D eigenvalue weighted by atomic mass is 10.1. The van der Waals surface area contributed by atoms with Crippen LogP contribution in [0.3, 0.4) is 0 Å². The maximum atomic E-state index is 12.2. The summed E-state index contributed by atoms with van der Waals surface area (Å²) in [5.74, 6) is -0.245. The average Bonchev–Trinajstić information content (AvgIpc) is 2.81. The number of nitrogen functional groups attached to an aromatic ring is 1. The predicted octanol–water partition coefficient (Wildman–Crippen LogP) is 3.04. The van der Waals surface area contributed by atoms with Crippen molar-refractivity contribution in [3.05, 3.63) is 45.4 Å². The van der Waals surface area contributed by atoms with Gasteiger partial charge in [0.1, 0.15) is 5.01 Å². The third-order valence-electron chi connectivity index (χ3n) is 2.63. The molecule has 0 bridgehead atoms. The largest absolute Gasteiger partial charge is 0.399 e. The Balaban J connectivity index is 2.21. The molecule has 1 amide bonds. The van der Waals surface area contributed by atoms with Gasteiger partial charge in [0, 0.05) is 17.3 Å². The number of nitrogens with one attached hydrogen (secondary N) is 1. The van der Waals surface area contributed by atoms with Gasteiger partial charge in [-0.3, -0.25) is 4.79 Å². The fourth-order valence-corrected chi connectivity index (χ4v) is 2.65. The van der Waals surface area contributed by atoms with Crippen LogP contribution in [0, 0.1) is 0 Å². The Morgan fingerprint density at radius 2 is 2.21 bits per heavy atom. The van der Waals surface area contributed by atoms with Crippen molar-refractivity contribution in [3.8, 4) is 0 Å². The van der Waals surface area contributed by atoms with Crippen molar-refractivity contribution in [2.45, 2.75) is 19.4 Å². The molecule has 4 nitrogen and oxygen atoms in total. The van der Waals surface area contributed by atoms with Crippen molar-refractivity contribution in [2.24, 2.45) is 0 Å². The van der Waals surface area contributed by atoms with Crippen molar-refractivity contribution in [1.82, 2.24) is 10.3 Å². The number of nitrogens with zero attached hydrogens (tertiary/aromatic N) is 1. The van der Waals surface area contributed by atoms with Gasteiger partial charge in [-0.05, 0) is 32.0 Å². The lowest BCUT2D eigenvalue weighted by Gasteiger charge is -2.24. The first kappa shape index (κ1) is 13.8. The van der Waals surface area contributed by atoms with E-state index in [0.29, 0.717) is 16.3 Å². The Hall–Kier alpha value is -1.59. The minimum atomic E-state index is -0.546. The van der Waals surface area contributed by atoms with Crippen LogP contribution in [0.4, 0.5) is 5.69 Å². The van der Waals surface area contributed by atoms with Crippen LogP contribution in [0.1, 0.15) is 29.2 Å². The van der Waals surface area contributed by atoms with Gasteiger partial charge >= 0.3 is 0 Å². The quantitative estimate of drug-likeness (QED) is 0.855. The average molecular weight is 296 g/mol. The Morgan fingerprint density at radius 1 is 1.47 bits per heavy atom. The van der Waals surface area contributed by atoms with Gasteiger partial charge in [0.2, 0.25) is 0 Å². The molecule has 6 heteroatoms. The Labute approximate surface area is 120 Å². The summed E-state index contributed by atoms with van der Waals surface area (Å²) in [6, 6.07) is 4.83. The van der Waals surface area contributed by atoms with Gasteiger partial charge in [-0.1, -0.05) is 11.6 Å². The number of benzene rings is 1. The van der Waals surface area contributed by atoms with Gasteiger partial charge in [0.15, 0.2) is 0 Å². The van der Waals surface area contributed by atoms with Gasteiger partial charge in [0.25, 0.3) is 5.91 Å². The summed E-state index contributed by atoms with van der Waals surface area (Å²) in [4.78, 5) is 16.5. The number of thiazole rings is 1. The van der Waals surface area contributed by atoms with Crippen LogP contribution in [0.2, 0.25) is 5.02 Å². The summed E-state index contributed by atoms with van der Waals surface area (Å²) in [6.45, 7) is 3.80. The summed E-state index contributed by atoms with van der Waals surface area (Å²) in [6.07, 6.45) is 1.71. The standard InChI is InChI=1S/C13H14ClN3OS/c1-13(2,12-16-5-6-19-12)17-11(18)9-4-3-8(15)7-10(9)14/h3-7H,15H2,1-2H3,(H,17,18). The lowest BCUT2D eigenvalue weighted by molar-refractivity contribution is 0.0912. The second kappa shape index (κ2) is 5.19. The molecule has 1 aromatic heterocycles. The number of anilines is 1. The topological polar surface area (TPSA) is 68.0 Å². The number of hydrogen-bond acceptors (Lipinski definition) is 4. The monoisotopic (exact) mass is 295 g/mol. The first-order chi connectivity index (χ1) is 8.90. The minimum Gasteiger partial charge on any atom is -0.399 e. The summed E-state index contributed by atoms with van der Waals surface area (Å²) >= 11 is 7.52. The maximum Gasteiger partial charge on any atom is 0.253 e. The van der Waals surface area contributed by atoms with Crippen LogP contribution in [-0.4, -0.2) is 10.9 Å². The third kappa shape index (κ3) is 3.05. The molecular formula is C13H14ClN3OS. The number of rotatable bonds is 3. The number of halogens is 1. The van der Waals surface area contributed by atoms with Crippen LogP contribution >= 0.6 is 22.9 Å². The van der Waals surface area contributed by atoms with Crippen molar-refractivity contribution < 1.29 is 4.79 Å². The molecule has 1 heterocycles. The zero-order valence-electron chi connectivity index (χ0n) is 10.6. The Bertz CT molecular complexity index is 596. The molecule has 0 saturated heterocycles. The van der Waals surface area contributed by atoms with Gasteiger partial charge in [-0.15, -0.1) is 11.3 Å². The third-order valence-corrected chi connectivity index (χ3v) is 4.04. The molecule has 0 saturated carbocycles. The minimum absolute atomic E-state index is 0.245. The van der Waals surface area contributed by atoms with E-state index in [1.807, 2.05) is 19.2 Å². The van der Waals surface area contributed by atoms with E-state index in [4.69, 9.17) is 17.3 Å². The molecular weight excluding hydrogens is 282 g/mol. The first-order valence-electron chi connectivity index (χ1n) is 5.67. The molecule has 2 rings (SSSR count). The van der Waals surface area contributed by atoms with E-state index in [2.05, 4.69) is 10.3 Å². The summed E-state index contributed by atoms with van der Waals surface area (Å²) in [7, 11) is 0. The van der Waals surface area contributed by atoms with E-state index in [9.17, 15) is 4.79 Å². The highest BCUT2D eigenvalue weighted by molar-refractivity contribution is 7.09. The van der Waals surface area contributed by atoms with Crippen molar-refractivity contribution >= 4 is 34.5 Å². The normalized spacial score (nSPS) is 11.3. The van der Waals surface area contributed by atoms with Crippen LogP contribution < -0.4 is 11.1 Å². The number of nitrogens with two attached hydrogens (primary N) is 1. The summed E-state index contributed by atoms with van der Waals surface area (Å²) in [5.41, 5.74) is 5.99. The van der Waals surface area contributed by atoms with E-state index >= 15 is 0 Å². The van der Waals surface area contributed by atoms with Crippen LogP contribution in [0.25, 0.3) is 0 Å². The molecule has 100 valence electrons. The summed E-state index contributed by atoms with van der Waals surface area (Å²) in [5, 5.41) is 5.97. The highest BCUT2D eigenvalue weighted by Gasteiger charge is 2.26. The van der Waals surface area contributed by atoms with Crippen molar-refractivity contribution in [1.29, 1.82) is 0 Å². The lowest BCUT2D eigenvalue weighted by Crippen LogP contribution is -2.41. The number of aromatic nitrogens is 1. The van der Waals surface area contributed by atoms with E-state index in [0.717, 1.165) is 5.01 Å². The maximum absolute atomic E-state index is 12.2. The molecule has 0 aliphatic carbocycles. The number of carbonyl (C=O) groups excluding carboxylic acids is 1. The molecule has 19 heavy (non-hydrogen) atoms. The van der Waals surface area contributed by atoms with Crippen LogP contribution in [0.5, 0.6) is 0 Å². The molecule has 0 radical (unpaired) electrons. The van der Waals surface area contributed by atoms with Gasteiger partial charge in [-0.25, -0.2) is 4.98 Å². The molecule has 0 spiro atoms. The smallest absolute Gasteiger partial charge is 0.253 e. The Kier molecular flexibility index (Phi) is 3.78.